The maximum atomic E-state index is 4.76. The molecule has 4 heteroatoms. The van der Waals surface area contributed by atoms with Crippen molar-refractivity contribution in [2.24, 2.45) is 4.99 Å². The Kier molecular flexibility index (Phi) is 3.16. The van der Waals surface area contributed by atoms with Crippen molar-refractivity contribution in [1.82, 2.24) is 9.97 Å². The quantitative estimate of drug-likeness (QED) is 0.669. The van der Waals surface area contributed by atoms with Gasteiger partial charge in [-0.25, -0.2) is 0 Å². The number of hydrogen-bond donors (Lipinski definition) is 0. The van der Waals surface area contributed by atoms with Crippen molar-refractivity contribution in [2.45, 2.75) is 11.3 Å². The number of thioether (sulfide) groups is 1. The summed E-state index contributed by atoms with van der Waals surface area (Å²) in [6.07, 6.45) is 4.64. The number of hydrogen-bond acceptors (Lipinski definition) is 4. The standard InChI is InChI=1S/C17H13N3S/c1-2-7-14-13(6-1)16(17-15(20-14)8-10-21-17)19-11-12-5-3-4-9-18-12/h1-7,9,11H,8,10H2. The van der Waals surface area contributed by atoms with E-state index < -0.39 is 0 Å². The molecule has 0 saturated carbocycles. The summed E-state index contributed by atoms with van der Waals surface area (Å²) in [5.41, 5.74) is 4.10. The molecule has 3 aromatic rings. The fraction of sp³-hybridized carbons (Fsp3) is 0.118. The molecule has 21 heavy (non-hydrogen) atoms. The van der Waals surface area contributed by atoms with Gasteiger partial charge in [0.1, 0.15) is 0 Å². The Balaban J connectivity index is 1.89. The third-order valence-corrected chi connectivity index (χ3v) is 4.62. The lowest BCUT2D eigenvalue weighted by Crippen LogP contribution is -1.90. The van der Waals surface area contributed by atoms with Crippen molar-refractivity contribution in [3.63, 3.8) is 0 Å². The van der Waals surface area contributed by atoms with Gasteiger partial charge in [0.05, 0.1) is 33.7 Å². The van der Waals surface area contributed by atoms with Crippen LogP contribution in [0.25, 0.3) is 10.9 Å². The van der Waals surface area contributed by atoms with Crippen molar-refractivity contribution in [3.8, 4) is 0 Å². The Morgan fingerprint density at radius 2 is 2.00 bits per heavy atom. The van der Waals surface area contributed by atoms with Gasteiger partial charge in [0.15, 0.2) is 0 Å². The van der Waals surface area contributed by atoms with Crippen LogP contribution >= 0.6 is 11.8 Å². The topological polar surface area (TPSA) is 38.1 Å². The highest BCUT2D eigenvalue weighted by molar-refractivity contribution is 7.99. The van der Waals surface area contributed by atoms with E-state index in [1.807, 2.05) is 48.3 Å². The average molecular weight is 291 g/mol. The van der Waals surface area contributed by atoms with Crippen LogP contribution in [0.15, 0.2) is 58.5 Å². The Morgan fingerprint density at radius 1 is 1.10 bits per heavy atom. The molecule has 0 atom stereocenters. The normalized spacial score (nSPS) is 13.9. The van der Waals surface area contributed by atoms with Crippen LogP contribution in [0.2, 0.25) is 0 Å². The second-order valence-corrected chi connectivity index (χ2v) is 5.97. The fourth-order valence-corrected chi connectivity index (χ4v) is 3.62. The lowest BCUT2D eigenvalue weighted by molar-refractivity contribution is 1.05. The van der Waals surface area contributed by atoms with Gasteiger partial charge in [0.25, 0.3) is 0 Å². The zero-order chi connectivity index (χ0) is 14.1. The van der Waals surface area contributed by atoms with E-state index in [2.05, 4.69) is 17.1 Å². The molecule has 0 aliphatic carbocycles. The van der Waals surface area contributed by atoms with Gasteiger partial charge in [-0.3, -0.25) is 15.0 Å². The van der Waals surface area contributed by atoms with E-state index in [1.165, 1.54) is 10.6 Å². The molecule has 0 saturated heterocycles. The highest BCUT2D eigenvalue weighted by Gasteiger charge is 2.19. The first-order chi connectivity index (χ1) is 10.4. The first-order valence-corrected chi connectivity index (χ1v) is 7.90. The van der Waals surface area contributed by atoms with Crippen LogP contribution in [0.5, 0.6) is 0 Å². The van der Waals surface area contributed by atoms with Gasteiger partial charge in [-0.1, -0.05) is 24.3 Å². The van der Waals surface area contributed by atoms with Crippen LogP contribution in [-0.4, -0.2) is 21.9 Å². The summed E-state index contributed by atoms with van der Waals surface area (Å²) in [6, 6.07) is 14.0. The number of benzene rings is 1. The van der Waals surface area contributed by atoms with Crippen LogP contribution < -0.4 is 0 Å². The minimum Gasteiger partial charge on any atom is -0.255 e. The van der Waals surface area contributed by atoms with Gasteiger partial charge in [0, 0.05) is 23.8 Å². The molecular formula is C17H13N3S. The highest BCUT2D eigenvalue weighted by Crippen LogP contribution is 2.42. The van der Waals surface area contributed by atoms with Crippen LogP contribution in [0, 0.1) is 0 Å². The SMILES string of the molecule is C(=Nc1c2c(nc3ccccc13)CCS2)c1ccccn1. The van der Waals surface area contributed by atoms with E-state index in [4.69, 9.17) is 9.98 Å². The Bertz CT molecular complexity index is 828. The predicted octanol–water partition coefficient (Wildman–Crippen LogP) is 4.03. The highest BCUT2D eigenvalue weighted by atomic mass is 32.2. The number of rotatable bonds is 2. The van der Waals surface area contributed by atoms with E-state index >= 15 is 0 Å². The van der Waals surface area contributed by atoms with Crippen molar-refractivity contribution in [2.75, 3.05) is 5.75 Å². The van der Waals surface area contributed by atoms with Crippen LogP contribution in [-0.2, 0) is 6.42 Å². The van der Waals surface area contributed by atoms with Gasteiger partial charge in [0.2, 0.25) is 0 Å². The van der Waals surface area contributed by atoms with Crippen LogP contribution in [0.1, 0.15) is 11.4 Å². The molecule has 3 heterocycles. The molecule has 4 rings (SSSR count). The van der Waals surface area contributed by atoms with Crippen LogP contribution in [0.3, 0.4) is 0 Å². The minimum atomic E-state index is 0.871. The van der Waals surface area contributed by atoms with Gasteiger partial charge in [-0.05, 0) is 18.2 Å². The van der Waals surface area contributed by atoms with Gasteiger partial charge < -0.3 is 0 Å². The maximum Gasteiger partial charge on any atom is 0.0878 e. The number of nitrogens with zero attached hydrogens (tertiary/aromatic N) is 3. The molecule has 1 aliphatic heterocycles. The lowest BCUT2D eigenvalue weighted by atomic mass is 10.1. The Labute approximate surface area is 127 Å². The first-order valence-electron chi connectivity index (χ1n) is 6.91. The van der Waals surface area contributed by atoms with Crippen molar-refractivity contribution >= 4 is 34.6 Å². The number of para-hydroxylation sites is 1. The average Bonchev–Trinajstić information content (AvgIpc) is 3.00. The summed E-state index contributed by atoms with van der Waals surface area (Å²) in [4.78, 5) is 15.0. The summed E-state index contributed by atoms with van der Waals surface area (Å²) < 4.78 is 0. The summed E-state index contributed by atoms with van der Waals surface area (Å²) >= 11 is 1.85. The van der Waals surface area contributed by atoms with Crippen LogP contribution in [0.4, 0.5) is 5.69 Å². The summed E-state index contributed by atoms with van der Waals surface area (Å²) in [5.74, 6) is 1.09. The zero-order valence-electron chi connectivity index (χ0n) is 11.4. The Hall–Kier alpha value is -2.20. The lowest BCUT2D eigenvalue weighted by Gasteiger charge is -2.07. The van der Waals surface area contributed by atoms with Gasteiger partial charge in [-0.2, -0.15) is 0 Å². The molecule has 2 aromatic heterocycles. The molecule has 0 N–H and O–H groups in total. The largest absolute Gasteiger partial charge is 0.255 e. The molecule has 0 bridgehead atoms. The second kappa shape index (κ2) is 5.30. The maximum absolute atomic E-state index is 4.76. The number of aliphatic imine (C=N–C) groups is 1. The zero-order valence-corrected chi connectivity index (χ0v) is 12.2. The fourth-order valence-electron chi connectivity index (χ4n) is 2.51. The Morgan fingerprint density at radius 3 is 2.90 bits per heavy atom. The molecule has 0 spiro atoms. The van der Waals surface area contributed by atoms with Crippen molar-refractivity contribution in [3.05, 3.63) is 60.0 Å². The summed E-state index contributed by atoms with van der Waals surface area (Å²) in [7, 11) is 0. The van der Waals surface area contributed by atoms with Crippen molar-refractivity contribution in [1.29, 1.82) is 0 Å². The van der Waals surface area contributed by atoms with Crippen molar-refractivity contribution < 1.29 is 0 Å². The van der Waals surface area contributed by atoms with Gasteiger partial charge >= 0.3 is 0 Å². The summed E-state index contributed by atoms with van der Waals surface area (Å²) in [6.45, 7) is 0. The van der Waals surface area contributed by atoms with E-state index in [0.29, 0.717) is 0 Å². The number of aryl methyl sites for hydroxylation is 1. The molecule has 0 fully saturated rings. The molecule has 102 valence electrons. The summed E-state index contributed by atoms with van der Waals surface area (Å²) in [5, 5.41) is 1.11. The number of pyridine rings is 2. The third kappa shape index (κ3) is 2.32. The van der Waals surface area contributed by atoms with E-state index in [9.17, 15) is 0 Å². The van der Waals surface area contributed by atoms with Gasteiger partial charge in [-0.15, -0.1) is 11.8 Å². The molecule has 0 unspecified atom stereocenters. The molecule has 1 aromatic carbocycles. The first kappa shape index (κ1) is 12.5. The monoisotopic (exact) mass is 291 g/mol. The molecule has 1 aliphatic rings. The molecule has 0 radical (unpaired) electrons. The minimum absolute atomic E-state index is 0.871. The van der Waals surface area contributed by atoms with E-state index in [1.54, 1.807) is 6.20 Å². The molecule has 0 amide bonds. The predicted molar refractivity (Wildman–Crippen MR) is 87.7 cm³/mol. The second-order valence-electron chi connectivity index (χ2n) is 4.86. The smallest absolute Gasteiger partial charge is 0.0878 e. The molecule has 3 nitrogen and oxygen atoms in total. The van der Waals surface area contributed by atoms with E-state index in [0.717, 1.165) is 34.5 Å². The molecular weight excluding hydrogens is 278 g/mol. The number of aromatic nitrogens is 2. The third-order valence-electron chi connectivity index (χ3n) is 3.49. The van der Waals surface area contributed by atoms with E-state index in [-0.39, 0.29) is 0 Å². The number of fused-ring (bicyclic) bond motifs is 2.